The Kier molecular flexibility index (Phi) is 4.58. The van der Waals surface area contributed by atoms with Gasteiger partial charge in [-0.15, -0.1) is 0 Å². The van der Waals surface area contributed by atoms with Crippen molar-refractivity contribution in [3.05, 3.63) is 65.7 Å². The Hall–Kier alpha value is -3.62. The van der Waals surface area contributed by atoms with E-state index in [2.05, 4.69) is 15.0 Å². The van der Waals surface area contributed by atoms with Gasteiger partial charge in [0.2, 0.25) is 0 Å². The molecule has 164 valence electrons. The second kappa shape index (κ2) is 7.22. The number of hydrogen-bond acceptors (Lipinski definition) is 6. The molecule has 32 heavy (non-hydrogen) atoms. The van der Waals surface area contributed by atoms with Gasteiger partial charge in [0.05, 0.1) is 0 Å². The predicted molar refractivity (Wildman–Crippen MR) is 110 cm³/mol. The molecule has 5 rings (SSSR count). The number of aliphatic imine (C=N–C) groups is 1. The Morgan fingerprint density at radius 3 is 2.53 bits per heavy atom. The van der Waals surface area contributed by atoms with Crippen LogP contribution in [-0.4, -0.2) is 35.3 Å². The molecule has 0 amide bonds. The van der Waals surface area contributed by atoms with Crippen LogP contribution in [0.4, 0.5) is 13.2 Å². The zero-order chi connectivity index (χ0) is 22.5. The highest BCUT2D eigenvalue weighted by atomic mass is 19.1. The number of ether oxygens (including phenoxy) is 3. The molecule has 2 aliphatic heterocycles. The third kappa shape index (κ3) is 3.34. The zero-order valence-electron chi connectivity index (χ0n) is 17.2. The molecule has 1 atom stereocenters. The van der Waals surface area contributed by atoms with E-state index in [0.29, 0.717) is 16.7 Å². The van der Waals surface area contributed by atoms with E-state index < -0.39 is 22.8 Å². The normalized spacial score (nSPS) is 18.7. The summed E-state index contributed by atoms with van der Waals surface area (Å²) in [5, 5.41) is 0. The van der Waals surface area contributed by atoms with E-state index in [1.807, 2.05) is 0 Å². The van der Waals surface area contributed by atoms with Crippen molar-refractivity contribution in [2.24, 2.45) is 4.99 Å². The third-order valence-electron chi connectivity index (χ3n) is 5.28. The maximum absolute atomic E-state index is 15.0. The number of benzene rings is 2. The molecule has 0 bridgehead atoms. The van der Waals surface area contributed by atoms with Gasteiger partial charge in [-0.3, -0.25) is 0 Å². The average Bonchev–Trinajstić information content (AvgIpc) is 3.23. The van der Waals surface area contributed by atoms with Crippen LogP contribution >= 0.6 is 0 Å². The van der Waals surface area contributed by atoms with Crippen molar-refractivity contribution >= 4 is 6.40 Å². The second-order valence-electron chi connectivity index (χ2n) is 8.25. The standard InChI is InChI=1S/C23H18F3N3O3/c1-22(2,26)9-31-14-3-17-21(19(25)4-14)32-20-6-18(24)15(13-7-27-11-28-8-13)5-16(20)23(17)10-30-12-29-23/h3-8,11-12H,9-10H2,1-2H3/t23-/m0/s1. The minimum Gasteiger partial charge on any atom is -0.490 e. The highest BCUT2D eigenvalue weighted by Gasteiger charge is 2.47. The van der Waals surface area contributed by atoms with Crippen LogP contribution in [0.1, 0.15) is 25.0 Å². The van der Waals surface area contributed by atoms with E-state index in [1.165, 1.54) is 45.0 Å². The van der Waals surface area contributed by atoms with Crippen molar-refractivity contribution < 1.29 is 27.4 Å². The number of alkyl halides is 1. The maximum Gasteiger partial charge on any atom is 0.170 e. The van der Waals surface area contributed by atoms with Gasteiger partial charge >= 0.3 is 0 Å². The number of nitrogens with zero attached hydrogens (tertiary/aromatic N) is 3. The van der Waals surface area contributed by atoms with Crippen LogP contribution in [-0.2, 0) is 10.3 Å². The minimum atomic E-state index is -1.61. The first kappa shape index (κ1) is 20.3. The molecule has 0 saturated carbocycles. The SMILES string of the molecule is CC(C)(F)COc1cc(F)c2c(c1)[C@]1(COC=N1)c1cc(-c3cncnc3)c(F)cc1O2. The summed E-state index contributed by atoms with van der Waals surface area (Å²) in [6.07, 6.45) is 5.59. The van der Waals surface area contributed by atoms with E-state index in [1.54, 1.807) is 12.1 Å². The smallest absolute Gasteiger partial charge is 0.170 e. The summed E-state index contributed by atoms with van der Waals surface area (Å²) in [5.41, 5.74) is -1.26. The number of aromatic nitrogens is 2. The predicted octanol–water partition coefficient (Wildman–Crippen LogP) is 4.96. The van der Waals surface area contributed by atoms with Crippen molar-refractivity contribution in [2.75, 3.05) is 13.2 Å². The van der Waals surface area contributed by atoms with Crippen molar-refractivity contribution in [1.29, 1.82) is 0 Å². The molecule has 2 aliphatic rings. The van der Waals surface area contributed by atoms with Crippen LogP contribution < -0.4 is 9.47 Å². The van der Waals surface area contributed by atoms with Crippen LogP contribution in [0.3, 0.4) is 0 Å². The molecule has 0 radical (unpaired) electrons. The van der Waals surface area contributed by atoms with E-state index >= 15 is 4.39 Å². The van der Waals surface area contributed by atoms with E-state index in [9.17, 15) is 8.78 Å². The molecule has 0 N–H and O–H groups in total. The quantitative estimate of drug-likeness (QED) is 0.573. The summed E-state index contributed by atoms with van der Waals surface area (Å²) in [7, 11) is 0. The monoisotopic (exact) mass is 441 g/mol. The zero-order valence-corrected chi connectivity index (χ0v) is 17.2. The van der Waals surface area contributed by atoms with Crippen LogP contribution in [0.15, 0.2) is 48.0 Å². The van der Waals surface area contributed by atoms with Gasteiger partial charge in [0.1, 0.15) is 42.5 Å². The first-order valence-corrected chi connectivity index (χ1v) is 9.85. The lowest BCUT2D eigenvalue weighted by Gasteiger charge is -2.34. The van der Waals surface area contributed by atoms with Crippen molar-refractivity contribution in [3.8, 4) is 28.4 Å². The Balaban J connectivity index is 1.67. The molecule has 0 fully saturated rings. The summed E-state index contributed by atoms with van der Waals surface area (Å²) in [6, 6.07) is 5.42. The lowest BCUT2D eigenvalue weighted by Crippen LogP contribution is -2.32. The van der Waals surface area contributed by atoms with Crippen LogP contribution in [0.5, 0.6) is 17.2 Å². The van der Waals surface area contributed by atoms with Crippen LogP contribution in [0.2, 0.25) is 0 Å². The number of fused-ring (bicyclic) bond motifs is 4. The largest absolute Gasteiger partial charge is 0.490 e. The maximum atomic E-state index is 15.0. The molecular formula is C23H18F3N3O3. The van der Waals surface area contributed by atoms with Crippen LogP contribution in [0, 0.1) is 11.6 Å². The summed E-state index contributed by atoms with van der Waals surface area (Å²) in [4.78, 5) is 12.4. The lowest BCUT2D eigenvalue weighted by molar-refractivity contribution is 0.120. The topological polar surface area (TPSA) is 65.8 Å². The Morgan fingerprint density at radius 1 is 1.06 bits per heavy atom. The van der Waals surface area contributed by atoms with Gasteiger partial charge in [-0.1, -0.05) is 0 Å². The average molecular weight is 441 g/mol. The summed E-state index contributed by atoms with van der Waals surface area (Å²) in [6.45, 7) is 2.51. The fraction of sp³-hybridized carbons (Fsp3) is 0.261. The Bertz CT molecular complexity index is 1230. The summed E-state index contributed by atoms with van der Waals surface area (Å²) in [5.74, 6) is -1.18. The molecule has 3 aromatic rings. The highest BCUT2D eigenvalue weighted by Crippen LogP contribution is 2.53. The summed E-state index contributed by atoms with van der Waals surface area (Å²) >= 11 is 0. The van der Waals surface area contributed by atoms with Crippen LogP contribution in [0.25, 0.3) is 11.1 Å². The van der Waals surface area contributed by atoms with Crippen molar-refractivity contribution in [1.82, 2.24) is 9.97 Å². The molecule has 6 nitrogen and oxygen atoms in total. The summed E-state index contributed by atoms with van der Waals surface area (Å²) < 4.78 is 60.6. The first-order valence-electron chi connectivity index (χ1n) is 9.85. The molecular weight excluding hydrogens is 423 g/mol. The molecule has 0 unspecified atom stereocenters. The molecule has 2 aromatic carbocycles. The van der Waals surface area contributed by atoms with Gasteiger partial charge in [0.15, 0.2) is 23.5 Å². The molecule has 9 heteroatoms. The highest BCUT2D eigenvalue weighted by molar-refractivity contribution is 5.71. The molecule has 0 aliphatic carbocycles. The van der Waals surface area contributed by atoms with Gasteiger partial charge in [0, 0.05) is 46.8 Å². The third-order valence-corrected chi connectivity index (χ3v) is 5.28. The van der Waals surface area contributed by atoms with Gasteiger partial charge in [-0.2, -0.15) is 0 Å². The van der Waals surface area contributed by atoms with Gasteiger partial charge in [0.25, 0.3) is 0 Å². The lowest BCUT2D eigenvalue weighted by atomic mass is 9.80. The molecule has 3 heterocycles. The van der Waals surface area contributed by atoms with E-state index in [4.69, 9.17) is 14.2 Å². The van der Waals surface area contributed by atoms with E-state index in [-0.39, 0.29) is 36.0 Å². The second-order valence-corrected chi connectivity index (χ2v) is 8.25. The first-order chi connectivity index (χ1) is 15.3. The number of hydrogen-bond donors (Lipinski definition) is 0. The van der Waals surface area contributed by atoms with Crippen molar-refractivity contribution in [2.45, 2.75) is 25.1 Å². The minimum absolute atomic E-state index is 0.0459. The van der Waals surface area contributed by atoms with Gasteiger partial charge in [-0.05, 0) is 26.0 Å². The van der Waals surface area contributed by atoms with Crippen molar-refractivity contribution in [3.63, 3.8) is 0 Å². The fourth-order valence-electron chi connectivity index (χ4n) is 3.81. The molecule has 1 aromatic heterocycles. The number of halogens is 3. The van der Waals surface area contributed by atoms with E-state index in [0.717, 1.165) is 6.07 Å². The van der Waals surface area contributed by atoms with Gasteiger partial charge < -0.3 is 14.2 Å². The number of rotatable bonds is 4. The molecule has 0 saturated heterocycles. The van der Waals surface area contributed by atoms with Gasteiger partial charge in [-0.25, -0.2) is 28.1 Å². The fourth-order valence-corrected chi connectivity index (χ4v) is 3.81. The Morgan fingerprint density at radius 2 is 1.84 bits per heavy atom. The molecule has 1 spiro atoms. The Labute approximate surface area is 181 Å².